The van der Waals surface area contributed by atoms with E-state index < -0.39 is 29.6 Å². The van der Waals surface area contributed by atoms with Crippen molar-refractivity contribution in [2.45, 2.75) is 33.1 Å². The lowest BCUT2D eigenvalue weighted by Gasteiger charge is -2.17. The summed E-state index contributed by atoms with van der Waals surface area (Å²) in [5.41, 5.74) is 1.64. The molecule has 0 heterocycles. The molecule has 2 aromatic carbocycles. The van der Waals surface area contributed by atoms with Gasteiger partial charge in [-0.25, -0.2) is 4.39 Å². The maximum absolute atomic E-state index is 14.6. The van der Waals surface area contributed by atoms with E-state index in [1.54, 1.807) is 45.0 Å². The molecule has 2 aromatic rings. The summed E-state index contributed by atoms with van der Waals surface area (Å²) < 4.78 is 24.4. The molecule has 0 aliphatic heterocycles. The number of hydrogen-bond donors (Lipinski definition) is 0. The molecule has 0 aliphatic rings. The maximum Gasteiger partial charge on any atom is 0.320 e. The van der Waals surface area contributed by atoms with Crippen LogP contribution in [-0.4, -0.2) is 30.9 Å². The molecule has 0 spiro atoms. The molecule has 0 aliphatic carbocycles. The number of ketones is 1. The highest BCUT2D eigenvalue weighted by Crippen LogP contribution is 2.28. The number of halogens is 1. The Morgan fingerprint density at radius 2 is 1.52 bits per heavy atom. The number of esters is 2. The first-order valence-electron chi connectivity index (χ1n) is 9.59. The first-order valence-corrected chi connectivity index (χ1v) is 9.59. The second kappa shape index (κ2) is 10.5. The van der Waals surface area contributed by atoms with Crippen LogP contribution in [0.4, 0.5) is 4.39 Å². The molecule has 0 amide bonds. The summed E-state index contributed by atoms with van der Waals surface area (Å²) in [6, 6.07) is 13.7. The van der Waals surface area contributed by atoms with Crippen LogP contribution in [0.25, 0.3) is 11.1 Å². The fourth-order valence-electron chi connectivity index (χ4n) is 2.96. The topological polar surface area (TPSA) is 69.7 Å². The van der Waals surface area contributed by atoms with Crippen LogP contribution in [0.3, 0.4) is 0 Å². The van der Waals surface area contributed by atoms with Crippen molar-refractivity contribution in [3.8, 4) is 11.1 Å². The highest BCUT2D eigenvalue weighted by atomic mass is 19.1. The highest BCUT2D eigenvalue weighted by Gasteiger charge is 2.33. The van der Waals surface area contributed by atoms with Crippen molar-refractivity contribution in [2.24, 2.45) is 5.92 Å². The van der Waals surface area contributed by atoms with E-state index in [-0.39, 0.29) is 25.4 Å². The number of rotatable bonds is 9. The molecule has 6 heteroatoms. The van der Waals surface area contributed by atoms with Gasteiger partial charge in [0.25, 0.3) is 0 Å². The van der Waals surface area contributed by atoms with E-state index in [1.807, 2.05) is 18.2 Å². The molecule has 0 aromatic heterocycles. The van der Waals surface area contributed by atoms with E-state index in [2.05, 4.69) is 0 Å². The third kappa shape index (κ3) is 5.73. The van der Waals surface area contributed by atoms with Crippen LogP contribution in [-0.2, 0) is 23.9 Å². The zero-order chi connectivity index (χ0) is 21.4. The lowest BCUT2D eigenvalue weighted by atomic mass is 9.89. The second-order valence-electron chi connectivity index (χ2n) is 6.55. The van der Waals surface area contributed by atoms with E-state index in [9.17, 15) is 18.8 Å². The predicted octanol–water partition coefficient (Wildman–Crippen LogP) is 4.30. The molecule has 0 bridgehead atoms. The third-order valence-corrected chi connectivity index (χ3v) is 4.61. The van der Waals surface area contributed by atoms with Crippen molar-refractivity contribution in [3.05, 3.63) is 59.9 Å². The Morgan fingerprint density at radius 1 is 0.931 bits per heavy atom. The Kier molecular flexibility index (Phi) is 8.07. The van der Waals surface area contributed by atoms with Crippen molar-refractivity contribution in [2.75, 3.05) is 13.2 Å². The van der Waals surface area contributed by atoms with Gasteiger partial charge in [-0.05, 0) is 31.0 Å². The van der Waals surface area contributed by atoms with Gasteiger partial charge in [-0.15, -0.1) is 0 Å². The van der Waals surface area contributed by atoms with E-state index >= 15 is 0 Å². The fourth-order valence-corrected chi connectivity index (χ4v) is 2.96. The zero-order valence-corrected chi connectivity index (χ0v) is 16.8. The second-order valence-corrected chi connectivity index (χ2v) is 6.55. The van der Waals surface area contributed by atoms with E-state index in [0.29, 0.717) is 11.1 Å². The van der Waals surface area contributed by atoms with Crippen molar-refractivity contribution < 1.29 is 28.2 Å². The lowest BCUT2D eigenvalue weighted by molar-refractivity contribution is -0.163. The Hall–Kier alpha value is -3.02. The molecule has 0 saturated carbocycles. The smallest absolute Gasteiger partial charge is 0.320 e. The van der Waals surface area contributed by atoms with Crippen LogP contribution in [0.2, 0.25) is 0 Å². The summed E-state index contributed by atoms with van der Waals surface area (Å²) in [4.78, 5) is 36.8. The summed E-state index contributed by atoms with van der Waals surface area (Å²) >= 11 is 0. The monoisotopic (exact) mass is 400 g/mol. The van der Waals surface area contributed by atoms with Gasteiger partial charge in [0.05, 0.1) is 13.2 Å². The first-order chi connectivity index (χ1) is 13.9. The molecule has 29 heavy (non-hydrogen) atoms. The van der Waals surface area contributed by atoms with Crippen LogP contribution in [0.15, 0.2) is 48.5 Å². The molecule has 154 valence electrons. The van der Waals surface area contributed by atoms with E-state index in [0.717, 1.165) is 5.56 Å². The van der Waals surface area contributed by atoms with Crippen molar-refractivity contribution >= 4 is 17.7 Å². The summed E-state index contributed by atoms with van der Waals surface area (Å²) in [5.74, 6) is -4.42. The molecule has 0 N–H and O–H groups in total. The van der Waals surface area contributed by atoms with Crippen molar-refractivity contribution in [1.82, 2.24) is 0 Å². The van der Waals surface area contributed by atoms with Gasteiger partial charge in [0.15, 0.2) is 5.92 Å². The number of Topliss-reactive ketones (excluding diaryl/α,β-unsaturated/α-hetero) is 1. The quantitative estimate of drug-likeness (QED) is 0.464. The van der Waals surface area contributed by atoms with Gasteiger partial charge in [0.1, 0.15) is 11.6 Å². The molecule has 1 unspecified atom stereocenters. The zero-order valence-electron chi connectivity index (χ0n) is 16.8. The van der Waals surface area contributed by atoms with Crippen molar-refractivity contribution in [3.63, 3.8) is 0 Å². The Bertz CT molecular complexity index is 845. The number of benzene rings is 2. The molecule has 2 rings (SSSR count). The summed E-state index contributed by atoms with van der Waals surface area (Å²) in [5, 5.41) is 0. The Labute approximate surface area is 169 Å². The standard InChI is InChI=1S/C23H25FO5/c1-4-28-22(26)19(23(27)29-5-2)14-21(25)15(3)17-11-12-18(20(24)13-17)16-9-7-6-8-10-16/h6-13,15,19H,4-5,14H2,1-3H3. The molecule has 5 nitrogen and oxygen atoms in total. The molecule has 0 saturated heterocycles. The molecular formula is C23H25FO5. The SMILES string of the molecule is CCOC(=O)C(CC(=O)C(C)c1ccc(-c2ccccc2)c(F)c1)C(=O)OCC. The molecule has 0 radical (unpaired) electrons. The van der Waals surface area contributed by atoms with Crippen LogP contribution in [0.5, 0.6) is 0 Å². The average molecular weight is 400 g/mol. The number of hydrogen-bond acceptors (Lipinski definition) is 5. The predicted molar refractivity (Wildman–Crippen MR) is 107 cm³/mol. The molecular weight excluding hydrogens is 375 g/mol. The fraction of sp³-hybridized carbons (Fsp3) is 0.348. The van der Waals surface area contributed by atoms with Crippen LogP contribution in [0.1, 0.15) is 38.7 Å². The first kappa shape index (κ1) is 22.3. The van der Waals surface area contributed by atoms with Gasteiger partial charge in [-0.2, -0.15) is 0 Å². The van der Waals surface area contributed by atoms with Crippen molar-refractivity contribution in [1.29, 1.82) is 0 Å². The van der Waals surface area contributed by atoms with Crippen LogP contribution in [0, 0.1) is 11.7 Å². The maximum atomic E-state index is 14.6. The van der Waals surface area contributed by atoms with Crippen LogP contribution >= 0.6 is 0 Å². The van der Waals surface area contributed by atoms with Gasteiger partial charge in [0.2, 0.25) is 0 Å². The average Bonchev–Trinajstić information content (AvgIpc) is 2.72. The number of carbonyl (C=O) groups is 3. The Balaban J connectivity index is 2.18. The third-order valence-electron chi connectivity index (χ3n) is 4.61. The minimum Gasteiger partial charge on any atom is -0.465 e. The van der Waals surface area contributed by atoms with Crippen LogP contribution < -0.4 is 0 Å². The normalized spacial score (nSPS) is 11.8. The lowest BCUT2D eigenvalue weighted by Crippen LogP contribution is -2.31. The van der Waals surface area contributed by atoms with E-state index in [1.165, 1.54) is 6.07 Å². The number of carbonyl (C=O) groups excluding carboxylic acids is 3. The molecule has 0 fully saturated rings. The summed E-state index contributed by atoms with van der Waals surface area (Å²) in [7, 11) is 0. The number of ether oxygens (including phenoxy) is 2. The van der Waals surface area contributed by atoms with Gasteiger partial charge in [-0.1, -0.05) is 49.4 Å². The highest BCUT2D eigenvalue weighted by molar-refractivity contribution is 6.00. The van der Waals surface area contributed by atoms with Gasteiger partial charge >= 0.3 is 11.9 Å². The minimum absolute atomic E-state index is 0.0879. The summed E-state index contributed by atoms with van der Waals surface area (Å²) in [6.45, 7) is 5.02. The summed E-state index contributed by atoms with van der Waals surface area (Å²) in [6.07, 6.45) is -0.360. The minimum atomic E-state index is -1.32. The Morgan fingerprint density at radius 3 is 2.03 bits per heavy atom. The van der Waals surface area contributed by atoms with E-state index in [4.69, 9.17) is 9.47 Å². The largest absolute Gasteiger partial charge is 0.465 e. The van der Waals surface area contributed by atoms with Gasteiger partial charge < -0.3 is 9.47 Å². The van der Waals surface area contributed by atoms with Gasteiger partial charge in [-0.3, -0.25) is 14.4 Å². The molecule has 1 atom stereocenters. The van der Waals surface area contributed by atoms with Gasteiger partial charge in [0, 0.05) is 17.9 Å².